The molecule has 1 aromatic carbocycles. The molecule has 4 rings (SSSR count). The van der Waals surface area contributed by atoms with E-state index in [1.165, 1.54) is 4.57 Å². The van der Waals surface area contributed by atoms with Crippen LogP contribution in [0.4, 0.5) is 35.5 Å². The van der Waals surface area contributed by atoms with Crippen LogP contribution in [0.5, 0.6) is 0 Å². The lowest BCUT2D eigenvalue weighted by Gasteiger charge is -2.36. The average Bonchev–Trinajstić information content (AvgIpc) is 3.43. The molecule has 2 aliphatic rings. The van der Waals surface area contributed by atoms with E-state index in [0.717, 1.165) is 11.0 Å². The molecule has 1 aliphatic carbocycles. The number of aromatic nitrogens is 2. The molecule has 174 valence electrons. The summed E-state index contributed by atoms with van der Waals surface area (Å²) in [7, 11) is 0. The van der Waals surface area contributed by atoms with E-state index in [-0.39, 0.29) is 48.9 Å². The normalized spacial score (nSPS) is 19.2. The number of hydrogen-bond donors (Lipinski definition) is 1. The van der Waals surface area contributed by atoms with Crippen molar-refractivity contribution in [2.45, 2.75) is 56.5 Å². The Labute approximate surface area is 177 Å². The number of halogens is 7. The number of carbonyl (C=O) groups is 1. The van der Waals surface area contributed by atoms with Crippen LogP contribution in [-0.2, 0) is 25.3 Å². The van der Waals surface area contributed by atoms with Crippen molar-refractivity contribution in [1.82, 2.24) is 14.5 Å². The van der Waals surface area contributed by atoms with Crippen LogP contribution >= 0.6 is 0 Å². The smallest absolute Gasteiger partial charge is 0.435 e. The third kappa shape index (κ3) is 4.14. The molecular weight excluding hydrogens is 447 g/mol. The fourth-order valence-corrected chi connectivity index (χ4v) is 4.20. The number of aryl methyl sites for hydroxylation is 1. The maximum Gasteiger partial charge on any atom is 0.435 e. The zero-order valence-corrected chi connectivity index (χ0v) is 16.5. The third-order valence-electron chi connectivity index (χ3n) is 5.79. The Kier molecular flexibility index (Phi) is 5.36. The molecule has 5 nitrogen and oxygen atoms in total. The molecule has 0 bridgehead atoms. The molecular formula is C20H18F7N3O2. The van der Waals surface area contributed by atoms with E-state index in [0.29, 0.717) is 25.0 Å². The summed E-state index contributed by atoms with van der Waals surface area (Å²) in [4.78, 5) is 16.4. The van der Waals surface area contributed by atoms with Crippen molar-refractivity contribution in [3.05, 3.63) is 52.4 Å². The van der Waals surface area contributed by atoms with Gasteiger partial charge in [0.1, 0.15) is 11.6 Å². The summed E-state index contributed by atoms with van der Waals surface area (Å²) in [6.45, 7) is -0.0241. The lowest BCUT2D eigenvalue weighted by Crippen LogP contribution is -2.42. The standard InChI is InChI=1S/C20H18F7N3O2/c21-13-9-10(1-5-12(13)19(22,23)24)2-6-14-15-16(20(25,26)27)28-17(11-3-4-11)30(15)8-7-29(14)18(31)32/h1,5,9,11,14H,2-4,6-8H2,(H,31,32). The number of hydrogen-bond acceptors (Lipinski definition) is 2. The molecule has 12 heteroatoms. The van der Waals surface area contributed by atoms with E-state index in [2.05, 4.69) is 4.98 Å². The van der Waals surface area contributed by atoms with Gasteiger partial charge in [-0.2, -0.15) is 26.3 Å². The molecule has 1 atom stereocenters. The van der Waals surface area contributed by atoms with Gasteiger partial charge in [-0.05, 0) is 43.4 Å². The predicted molar refractivity (Wildman–Crippen MR) is 96.4 cm³/mol. The zero-order chi connectivity index (χ0) is 23.4. The van der Waals surface area contributed by atoms with Gasteiger partial charge in [0.25, 0.3) is 0 Å². The molecule has 1 N–H and O–H groups in total. The van der Waals surface area contributed by atoms with Crippen molar-refractivity contribution in [3.63, 3.8) is 0 Å². The molecule has 1 fully saturated rings. The van der Waals surface area contributed by atoms with E-state index in [9.17, 15) is 40.6 Å². The summed E-state index contributed by atoms with van der Waals surface area (Å²) in [6.07, 6.45) is -9.98. The number of amides is 1. The first-order chi connectivity index (χ1) is 14.9. The second-order valence-electron chi connectivity index (χ2n) is 7.97. The van der Waals surface area contributed by atoms with Crippen LogP contribution in [0.25, 0.3) is 0 Å². The van der Waals surface area contributed by atoms with Gasteiger partial charge in [0.2, 0.25) is 0 Å². The van der Waals surface area contributed by atoms with Gasteiger partial charge in [-0.3, -0.25) is 4.90 Å². The highest BCUT2D eigenvalue weighted by atomic mass is 19.4. The maximum absolute atomic E-state index is 13.9. The van der Waals surface area contributed by atoms with Gasteiger partial charge < -0.3 is 9.67 Å². The van der Waals surface area contributed by atoms with Crippen LogP contribution in [0.15, 0.2) is 18.2 Å². The molecule has 1 aliphatic heterocycles. The minimum absolute atomic E-state index is 0.0297. The SMILES string of the molecule is O=C(O)N1CCn2c(C3CC3)nc(C(F)(F)F)c2C1CCc1ccc(C(F)(F)F)c(F)c1. The number of rotatable bonds is 4. The average molecular weight is 465 g/mol. The Balaban J connectivity index is 1.68. The van der Waals surface area contributed by atoms with Crippen molar-refractivity contribution < 1.29 is 40.6 Å². The topological polar surface area (TPSA) is 58.4 Å². The highest BCUT2D eigenvalue weighted by Gasteiger charge is 2.46. The maximum atomic E-state index is 13.9. The van der Waals surface area contributed by atoms with Crippen molar-refractivity contribution in [2.24, 2.45) is 0 Å². The number of imidazole rings is 1. The molecule has 1 amide bonds. The molecule has 2 aromatic rings. The number of fused-ring (bicyclic) bond motifs is 1. The van der Waals surface area contributed by atoms with Crippen LogP contribution in [0.2, 0.25) is 0 Å². The monoisotopic (exact) mass is 465 g/mol. The zero-order valence-electron chi connectivity index (χ0n) is 16.5. The summed E-state index contributed by atoms with van der Waals surface area (Å²) < 4.78 is 94.9. The van der Waals surface area contributed by atoms with Crippen molar-refractivity contribution in [1.29, 1.82) is 0 Å². The molecule has 0 spiro atoms. The second-order valence-corrected chi connectivity index (χ2v) is 7.97. The van der Waals surface area contributed by atoms with E-state index in [1.807, 2.05) is 0 Å². The Bertz CT molecular complexity index is 1040. The van der Waals surface area contributed by atoms with Gasteiger partial charge >= 0.3 is 18.4 Å². The Morgan fingerprint density at radius 1 is 1.09 bits per heavy atom. The molecule has 1 aromatic heterocycles. The van der Waals surface area contributed by atoms with E-state index >= 15 is 0 Å². The first-order valence-electron chi connectivity index (χ1n) is 9.90. The molecule has 0 saturated heterocycles. The lowest BCUT2D eigenvalue weighted by atomic mass is 9.97. The summed E-state index contributed by atoms with van der Waals surface area (Å²) in [6, 6.07) is 1.06. The number of benzene rings is 1. The van der Waals surface area contributed by atoms with Crippen LogP contribution in [0.1, 0.15) is 59.6 Å². The van der Waals surface area contributed by atoms with Crippen molar-refractivity contribution in [3.8, 4) is 0 Å². The molecule has 1 unspecified atom stereocenters. The fourth-order valence-electron chi connectivity index (χ4n) is 4.20. The van der Waals surface area contributed by atoms with Gasteiger partial charge in [-0.1, -0.05) is 6.07 Å². The Morgan fingerprint density at radius 2 is 1.78 bits per heavy atom. The molecule has 0 radical (unpaired) electrons. The van der Waals surface area contributed by atoms with Crippen LogP contribution in [0, 0.1) is 5.82 Å². The lowest BCUT2D eigenvalue weighted by molar-refractivity contribution is -0.142. The van der Waals surface area contributed by atoms with Gasteiger partial charge in [0.15, 0.2) is 5.69 Å². The van der Waals surface area contributed by atoms with Crippen molar-refractivity contribution in [2.75, 3.05) is 6.54 Å². The van der Waals surface area contributed by atoms with E-state index < -0.39 is 41.6 Å². The Morgan fingerprint density at radius 3 is 2.31 bits per heavy atom. The summed E-state index contributed by atoms with van der Waals surface area (Å²) in [5, 5.41) is 9.55. The minimum atomic E-state index is -4.88. The Hall–Kier alpha value is -2.79. The molecule has 1 saturated carbocycles. The summed E-state index contributed by atoms with van der Waals surface area (Å²) >= 11 is 0. The highest BCUT2D eigenvalue weighted by molar-refractivity contribution is 5.66. The first kappa shape index (κ1) is 22.4. The summed E-state index contributed by atoms with van der Waals surface area (Å²) in [5.41, 5.74) is -2.74. The van der Waals surface area contributed by atoms with E-state index in [4.69, 9.17) is 0 Å². The predicted octanol–water partition coefficient (Wildman–Crippen LogP) is 5.60. The highest BCUT2D eigenvalue weighted by Crippen LogP contribution is 2.46. The fraction of sp³-hybridized carbons (Fsp3) is 0.500. The van der Waals surface area contributed by atoms with Crippen LogP contribution < -0.4 is 0 Å². The van der Waals surface area contributed by atoms with Gasteiger partial charge in [0, 0.05) is 19.0 Å². The summed E-state index contributed by atoms with van der Waals surface area (Å²) in [5.74, 6) is -1.32. The number of nitrogens with zero attached hydrogens (tertiary/aromatic N) is 3. The largest absolute Gasteiger partial charge is 0.465 e. The van der Waals surface area contributed by atoms with Crippen molar-refractivity contribution >= 4 is 6.09 Å². The van der Waals surface area contributed by atoms with Gasteiger partial charge in [-0.25, -0.2) is 14.2 Å². The minimum Gasteiger partial charge on any atom is -0.465 e. The van der Waals surface area contributed by atoms with Gasteiger partial charge in [0.05, 0.1) is 17.3 Å². The quantitative estimate of drug-likeness (QED) is 0.598. The van der Waals surface area contributed by atoms with E-state index in [1.54, 1.807) is 0 Å². The number of alkyl halides is 6. The first-order valence-corrected chi connectivity index (χ1v) is 9.90. The van der Waals surface area contributed by atoms with Gasteiger partial charge in [-0.15, -0.1) is 0 Å². The third-order valence-corrected chi connectivity index (χ3v) is 5.79. The van der Waals surface area contributed by atoms with Crippen LogP contribution in [-0.4, -0.2) is 32.2 Å². The molecule has 2 heterocycles. The molecule has 32 heavy (non-hydrogen) atoms. The number of carboxylic acid groups (broad SMARTS) is 1. The van der Waals surface area contributed by atoms with Crippen LogP contribution in [0.3, 0.4) is 0 Å². The second kappa shape index (κ2) is 7.66.